The number of nitrogens with zero attached hydrogens (tertiary/aromatic N) is 1. The lowest BCUT2D eigenvalue weighted by molar-refractivity contribution is 0.296. The first-order valence-electron chi connectivity index (χ1n) is 5.74. The molecule has 0 saturated heterocycles. The zero-order valence-electron chi connectivity index (χ0n) is 10.9. The van der Waals surface area contributed by atoms with Crippen molar-refractivity contribution >= 4 is 11.3 Å². The molecule has 6 heteroatoms. The summed E-state index contributed by atoms with van der Waals surface area (Å²) in [5.74, 6) is 2.06. The van der Waals surface area contributed by atoms with Crippen molar-refractivity contribution in [2.75, 3.05) is 14.2 Å². The van der Waals surface area contributed by atoms with Gasteiger partial charge in [0, 0.05) is 30.1 Å². The third-order valence-electron chi connectivity index (χ3n) is 2.49. The Morgan fingerprint density at radius 1 is 1.11 bits per heavy atom. The minimum Gasteiger partial charge on any atom is -0.496 e. The Labute approximate surface area is 115 Å². The van der Waals surface area contributed by atoms with Gasteiger partial charge in [-0.3, -0.25) is 0 Å². The van der Waals surface area contributed by atoms with Crippen LogP contribution in [0, 0.1) is 0 Å². The van der Waals surface area contributed by atoms with Crippen LogP contribution in [0.15, 0.2) is 23.6 Å². The second-order valence-electron chi connectivity index (χ2n) is 3.77. The molecule has 5 nitrogen and oxygen atoms in total. The van der Waals surface area contributed by atoms with E-state index in [2.05, 4.69) is 4.98 Å². The molecule has 2 aromatic rings. The molecule has 0 bridgehead atoms. The van der Waals surface area contributed by atoms with Crippen LogP contribution in [0.2, 0.25) is 0 Å². The molecule has 0 radical (unpaired) electrons. The summed E-state index contributed by atoms with van der Waals surface area (Å²) in [6, 6.07) is 5.40. The van der Waals surface area contributed by atoms with Gasteiger partial charge in [0.05, 0.1) is 19.9 Å². The first-order chi connectivity index (χ1) is 9.25. The number of nitrogens with two attached hydrogens (primary N) is 1. The third-order valence-corrected chi connectivity index (χ3v) is 3.41. The molecule has 0 amide bonds. The highest BCUT2D eigenvalue weighted by molar-refractivity contribution is 7.09. The molecule has 19 heavy (non-hydrogen) atoms. The van der Waals surface area contributed by atoms with Crippen LogP contribution in [-0.2, 0) is 13.2 Å². The SMILES string of the molecule is COc1cc(OC)cc(OCc2csc(CN)n2)c1. The fourth-order valence-corrected chi connectivity index (χ4v) is 2.19. The number of ether oxygens (including phenoxy) is 3. The van der Waals surface area contributed by atoms with Crippen LogP contribution in [0.25, 0.3) is 0 Å². The van der Waals surface area contributed by atoms with E-state index in [0.29, 0.717) is 30.4 Å². The fraction of sp³-hybridized carbons (Fsp3) is 0.308. The van der Waals surface area contributed by atoms with Gasteiger partial charge in [0.1, 0.15) is 28.9 Å². The van der Waals surface area contributed by atoms with E-state index in [1.165, 1.54) is 11.3 Å². The molecule has 0 spiro atoms. The fourth-order valence-electron chi connectivity index (χ4n) is 1.53. The van der Waals surface area contributed by atoms with Gasteiger partial charge in [0.25, 0.3) is 0 Å². The predicted molar refractivity (Wildman–Crippen MR) is 73.9 cm³/mol. The molecule has 102 valence electrons. The lowest BCUT2D eigenvalue weighted by Gasteiger charge is -2.09. The van der Waals surface area contributed by atoms with Gasteiger partial charge in [0.15, 0.2) is 0 Å². The molecule has 2 rings (SSSR count). The van der Waals surface area contributed by atoms with E-state index in [4.69, 9.17) is 19.9 Å². The van der Waals surface area contributed by atoms with Gasteiger partial charge in [-0.25, -0.2) is 4.98 Å². The number of hydrogen-bond acceptors (Lipinski definition) is 6. The highest BCUT2D eigenvalue weighted by Gasteiger charge is 2.05. The second-order valence-corrected chi connectivity index (χ2v) is 4.72. The molecule has 0 unspecified atom stereocenters. The molecule has 0 fully saturated rings. The maximum atomic E-state index is 5.68. The predicted octanol–water partition coefficient (Wildman–Crippen LogP) is 2.20. The van der Waals surface area contributed by atoms with Crippen LogP contribution >= 0.6 is 11.3 Å². The number of aromatic nitrogens is 1. The maximum absolute atomic E-state index is 5.68. The van der Waals surface area contributed by atoms with E-state index in [0.717, 1.165) is 10.7 Å². The lowest BCUT2D eigenvalue weighted by atomic mass is 10.3. The first-order valence-corrected chi connectivity index (χ1v) is 6.62. The van der Waals surface area contributed by atoms with Crippen molar-refractivity contribution in [1.29, 1.82) is 0 Å². The molecular weight excluding hydrogens is 264 g/mol. The Morgan fingerprint density at radius 2 is 1.74 bits per heavy atom. The van der Waals surface area contributed by atoms with E-state index < -0.39 is 0 Å². The summed E-state index contributed by atoms with van der Waals surface area (Å²) >= 11 is 1.53. The first kappa shape index (κ1) is 13.6. The third kappa shape index (κ3) is 3.59. The number of hydrogen-bond donors (Lipinski definition) is 1. The number of benzene rings is 1. The van der Waals surface area contributed by atoms with Crippen LogP contribution in [0.4, 0.5) is 0 Å². The molecular formula is C13H16N2O3S. The molecule has 0 aliphatic rings. The molecule has 0 atom stereocenters. The monoisotopic (exact) mass is 280 g/mol. The Morgan fingerprint density at radius 3 is 2.26 bits per heavy atom. The molecule has 2 N–H and O–H groups in total. The van der Waals surface area contributed by atoms with Gasteiger partial charge in [-0.15, -0.1) is 11.3 Å². The van der Waals surface area contributed by atoms with Crippen LogP contribution in [0.1, 0.15) is 10.7 Å². The maximum Gasteiger partial charge on any atom is 0.131 e. The quantitative estimate of drug-likeness (QED) is 0.878. The molecule has 0 saturated carbocycles. The zero-order chi connectivity index (χ0) is 13.7. The summed E-state index contributed by atoms with van der Waals surface area (Å²) < 4.78 is 16.0. The van der Waals surface area contributed by atoms with E-state index in [-0.39, 0.29) is 0 Å². The number of thiazole rings is 1. The smallest absolute Gasteiger partial charge is 0.131 e. The van der Waals surface area contributed by atoms with Crippen molar-refractivity contribution in [3.8, 4) is 17.2 Å². The Hall–Kier alpha value is -1.79. The summed E-state index contributed by atoms with van der Waals surface area (Å²) in [5, 5.41) is 2.85. The summed E-state index contributed by atoms with van der Waals surface area (Å²) in [7, 11) is 3.21. The van der Waals surface area contributed by atoms with E-state index in [1.807, 2.05) is 5.38 Å². The highest BCUT2D eigenvalue weighted by Crippen LogP contribution is 2.28. The topological polar surface area (TPSA) is 66.6 Å². The lowest BCUT2D eigenvalue weighted by Crippen LogP contribution is -1.99. The van der Waals surface area contributed by atoms with E-state index in [9.17, 15) is 0 Å². The second kappa shape index (κ2) is 6.40. The van der Waals surface area contributed by atoms with Crippen LogP contribution in [0.3, 0.4) is 0 Å². The van der Waals surface area contributed by atoms with Crippen LogP contribution in [-0.4, -0.2) is 19.2 Å². The van der Waals surface area contributed by atoms with E-state index in [1.54, 1.807) is 32.4 Å². The Kier molecular flexibility index (Phi) is 4.59. The number of rotatable bonds is 6. The average molecular weight is 280 g/mol. The van der Waals surface area contributed by atoms with Gasteiger partial charge >= 0.3 is 0 Å². The Balaban J connectivity index is 2.05. The Bertz CT molecular complexity index is 520. The zero-order valence-corrected chi connectivity index (χ0v) is 11.7. The van der Waals surface area contributed by atoms with Gasteiger partial charge in [-0.1, -0.05) is 0 Å². The van der Waals surface area contributed by atoms with Gasteiger partial charge in [-0.05, 0) is 0 Å². The van der Waals surface area contributed by atoms with Crippen molar-refractivity contribution in [2.24, 2.45) is 5.73 Å². The van der Waals surface area contributed by atoms with Crippen molar-refractivity contribution in [1.82, 2.24) is 4.98 Å². The average Bonchev–Trinajstić information content (AvgIpc) is 2.92. The molecule has 0 aliphatic heterocycles. The van der Waals surface area contributed by atoms with Gasteiger partial charge in [-0.2, -0.15) is 0 Å². The highest BCUT2D eigenvalue weighted by atomic mass is 32.1. The van der Waals surface area contributed by atoms with Crippen molar-refractivity contribution in [3.05, 3.63) is 34.3 Å². The summed E-state index contributed by atoms with van der Waals surface area (Å²) in [5.41, 5.74) is 6.39. The van der Waals surface area contributed by atoms with Crippen LogP contribution < -0.4 is 19.9 Å². The standard InChI is InChI=1S/C13H16N2O3S/c1-16-10-3-11(17-2)5-12(4-10)18-7-9-8-19-13(6-14)15-9/h3-5,8H,6-7,14H2,1-2H3. The molecule has 1 heterocycles. The number of methoxy groups -OCH3 is 2. The van der Waals surface area contributed by atoms with Gasteiger partial charge in [0.2, 0.25) is 0 Å². The molecule has 1 aromatic carbocycles. The van der Waals surface area contributed by atoms with Crippen LogP contribution in [0.5, 0.6) is 17.2 Å². The summed E-state index contributed by atoms with van der Waals surface area (Å²) in [4.78, 5) is 4.33. The molecule has 1 aromatic heterocycles. The molecule has 0 aliphatic carbocycles. The minimum atomic E-state index is 0.396. The summed E-state index contributed by atoms with van der Waals surface area (Å²) in [6.07, 6.45) is 0. The normalized spacial score (nSPS) is 10.3. The minimum absolute atomic E-state index is 0.396. The summed E-state index contributed by atoms with van der Waals surface area (Å²) in [6.45, 7) is 0.852. The largest absolute Gasteiger partial charge is 0.496 e. The van der Waals surface area contributed by atoms with Crippen molar-refractivity contribution in [3.63, 3.8) is 0 Å². The van der Waals surface area contributed by atoms with Crippen molar-refractivity contribution in [2.45, 2.75) is 13.2 Å². The van der Waals surface area contributed by atoms with Gasteiger partial charge < -0.3 is 19.9 Å². The van der Waals surface area contributed by atoms with Crippen molar-refractivity contribution < 1.29 is 14.2 Å². The van der Waals surface area contributed by atoms with E-state index >= 15 is 0 Å².